The van der Waals surface area contributed by atoms with E-state index >= 15 is 0 Å². The third-order valence-corrected chi connectivity index (χ3v) is 2.12. The van der Waals surface area contributed by atoms with E-state index in [0.717, 1.165) is 24.5 Å². The summed E-state index contributed by atoms with van der Waals surface area (Å²) in [4.78, 5) is 4.26. The number of hydrogen-bond acceptors (Lipinski definition) is 2. The van der Waals surface area contributed by atoms with Gasteiger partial charge < -0.3 is 0 Å². The lowest BCUT2D eigenvalue weighted by Crippen LogP contribution is -1.93. The first-order valence-corrected chi connectivity index (χ1v) is 4.76. The highest BCUT2D eigenvalue weighted by molar-refractivity contribution is 5.15. The van der Waals surface area contributed by atoms with Crippen LogP contribution in [0.15, 0.2) is 30.3 Å². The molecule has 0 radical (unpaired) electrons. The van der Waals surface area contributed by atoms with Crippen molar-refractivity contribution in [2.24, 2.45) is 0 Å². The van der Waals surface area contributed by atoms with Crippen LogP contribution in [0.1, 0.15) is 17.2 Å². The maximum absolute atomic E-state index is 4.26. The van der Waals surface area contributed by atoms with Gasteiger partial charge in [0, 0.05) is 6.42 Å². The van der Waals surface area contributed by atoms with Gasteiger partial charge in [-0.05, 0) is 18.9 Å². The Labute approximate surface area is 83.2 Å². The van der Waals surface area contributed by atoms with Crippen molar-refractivity contribution in [1.82, 2.24) is 15.2 Å². The Morgan fingerprint density at radius 3 is 2.57 bits per heavy atom. The summed E-state index contributed by atoms with van der Waals surface area (Å²) in [7, 11) is 0. The van der Waals surface area contributed by atoms with Crippen molar-refractivity contribution in [3.05, 3.63) is 47.5 Å². The molecule has 0 aliphatic rings. The van der Waals surface area contributed by atoms with Crippen molar-refractivity contribution >= 4 is 0 Å². The molecule has 1 heterocycles. The highest BCUT2D eigenvalue weighted by atomic mass is 15.2. The smallest absolute Gasteiger partial charge is 0.151 e. The van der Waals surface area contributed by atoms with E-state index in [1.807, 2.05) is 13.0 Å². The van der Waals surface area contributed by atoms with Crippen LogP contribution in [-0.2, 0) is 12.8 Å². The first-order valence-electron chi connectivity index (χ1n) is 4.76. The van der Waals surface area contributed by atoms with Gasteiger partial charge >= 0.3 is 0 Å². The fraction of sp³-hybridized carbons (Fsp3) is 0.273. The molecule has 0 aliphatic carbocycles. The number of benzene rings is 1. The van der Waals surface area contributed by atoms with Crippen molar-refractivity contribution < 1.29 is 0 Å². The second kappa shape index (κ2) is 4.05. The maximum Gasteiger partial charge on any atom is 0.151 e. The zero-order valence-electron chi connectivity index (χ0n) is 8.20. The lowest BCUT2D eigenvalue weighted by Gasteiger charge is -1.96. The molecule has 0 unspecified atom stereocenters. The fourth-order valence-electron chi connectivity index (χ4n) is 1.40. The summed E-state index contributed by atoms with van der Waals surface area (Å²) in [5, 5.41) is 6.94. The predicted molar refractivity (Wildman–Crippen MR) is 55.0 cm³/mol. The number of rotatable bonds is 3. The summed E-state index contributed by atoms with van der Waals surface area (Å²) < 4.78 is 0. The van der Waals surface area contributed by atoms with Gasteiger partial charge in [-0.1, -0.05) is 30.3 Å². The van der Waals surface area contributed by atoms with E-state index in [0.29, 0.717) is 0 Å². The average Bonchev–Trinajstić information content (AvgIpc) is 2.63. The van der Waals surface area contributed by atoms with Crippen LogP contribution < -0.4 is 0 Å². The van der Waals surface area contributed by atoms with E-state index in [1.165, 1.54) is 5.56 Å². The molecule has 1 aromatic heterocycles. The van der Waals surface area contributed by atoms with Crippen molar-refractivity contribution in [3.8, 4) is 0 Å². The summed E-state index contributed by atoms with van der Waals surface area (Å²) >= 11 is 0. The Hall–Kier alpha value is -1.64. The van der Waals surface area contributed by atoms with E-state index in [4.69, 9.17) is 0 Å². The quantitative estimate of drug-likeness (QED) is 0.797. The van der Waals surface area contributed by atoms with Crippen molar-refractivity contribution in [1.29, 1.82) is 0 Å². The highest BCUT2D eigenvalue weighted by Gasteiger charge is 1.99. The number of nitrogens with zero attached hydrogens (tertiary/aromatic N) is 2. The van der Waals surface area contributed by atoms with E-state index in [-0.39, 0.29) is 0 Å². The molecule has 1 N–H and O–H groups in total. The fourth-order valence-corrected chi connectivity index (χ4v) is 1.40. The first-order chi connectivity index (χ1) is 6.84. The number of aromatic nitrogens is 3. The number of nitrogens with one attached hydrogen (secondary N) is 1. The minimum absolute atomic E-state index is 0.882. The van der Waals surface area contributed by atoms with Gasteiger partial charge in [0.15, 0.2) is 5.82 Å². The molecule has 0 spiro atoms. The first kappa shape index (κ1) is 8.94. The van der Waals surface area contributed by atoms with Crippen LogP contribution in [0.5, 0.6) is 0 Å². The molecule has 72 valence electrons. The molecule has 0 bridgehead atoms. The number of H-pyrrole nitrogens is 1. The third kappa shape index (κ3) is 2.19. The lowest BCUT2D eigenvalue weighted by molar-refractivity contribution is 0.865. The lowest BCUT2D eigenvalue weighted by atomic mass is 10.1. The molecule has 2 rings (SSSR count). The van der Waals surface area contributed by atoms with Crippen LogP contribution in [-0.4, -0.2) is 15.2 Å². The minimum Gasteiger partial charge on any atom is -0.263 e. The molecular formula is C11H13N3. The molecule has 0 aliphatic heterocycles. The third-order valence-electron chi connectivity index (χ3n) is 2.12. The summed E-state index contributed by atoms with van der Waals surface area (Å²) in [6, 6.07) is 10.4. The van der Waals surface area contributed by atoms with E-state index in [1.54, 1.807) is 0 Å². The van der Waals surface area contributed by atoms with Crippen LogP contribution in [0.25, 0.3) is 0 Å². The van der Waals surface area contributed by atoms with Crippen molar-refractivity contribution in [2.45, 2.75) is 19.8 Å². The normalized spacial score (nSPS) is 10.4. The summed E-state index contributed by atoms with van der Waals surface area (Å²) in [6.45, 7) is 1.92. The van der Waals surface area contributed by atoms with Crippen LogP contribution >= 0.6 is 0 Å². The highest BCUT2D eigenvalue weighted by Crippen LogP contribution is 2.03. The van der Waals surface area contributed by atoms with Crippen LogP contribution in [0, 0.1) is 6.92 Å². The van der Waals surface area contributed by atoms with Gasteiger partial charge in [0.05, 0.1) is 0 Å². The molecule has 14 heavy (non-hydrogen) atoms. The van der Waals surface area contributed by atoms with Crippen molar-refractivity contribution in [2.75, 3.05) is 0 Å². The number of aryl methyl sites for hydroxylation is 3. The maximum atomic E-state index is 4.26. The summed E-state index contributed by atoms with van der Waals surface area (Å²) in [5.74, 6) is 1.78. The Kier molecular flexibility index (Phi) is 2.58. The van der Waals surface area contributed by atoms with E-state index in [2.05, 4.69) is 39.4 Å². The van der Waals surface area contributed by atoms with Crippen molar-refractivity contribution in [3.63, 3.8) is 0 Å². The van der Waals surface area contributed by atoms with Gasteiger partial charge in [-0.15, -0.1) is 0 Å². The van der Waals surface area contributed by atoms with E-state index in [9.17, 15) is 0 Å². The largest absolute Gasteiger partial charge is 0.263 e. The Balaban J connectivity index is 1.95. The van der Waals surface area contributed by atoms with Gasteiger partial charge in [0.25, 0.3) is 0 Å². The molecule has 0 amide bonds. The van der Waals surface area contributed by atoms with Crippen LogP contribution in [0.2, 0.25) is 0 Å². The van der Waals surface area contributed by atoms with Gasteiger partial charge in [-0.3, -0.25) is 5.10 Å². The Morgan fingerprint density at radius 2 is 1.93 bits per heavy atom. The standard InChI is InChI=1S/C11H13N3/c1-9-12-11(14-13-9)8-7-10-5-3-2-4-6-10/h2-6H,7-8H2,1H3,(H,12,13,14). The Morgan fingerprint density at radius 1 is 1.14 bits per heavy atom. The molecule has 2 aromatic rings. The van der Waals surface area contributed by atoms with Gasteiger partial charge in [-0.2, -0.15) is 5.10 Å². The van der Waals surface area contributed by atoms with Gasteiger partial charge in [0.2, 0.25) is 0 Å². The molecule has 1 aromatic carbocycles. The minimum atomic E-state index is 0.882. The predicted octanol–water partition coefficient (Wildman–Crippen LogP) is 1.90. The number of hydrogen-bond donors (Lipinski definition) is 1. The van der Waals surface area contributed by atoms with Crippen LogP contribution in [0.4, 0.5) is 0 Å². The molecule has 0 fully saturated rings. The van der Waals surface area contributed by atoms with Gasteiger partial charge in [0.1, 0.15) is 5.82 Å². The molecular weight excluding hydrogens is 174 g/mol. The molecule has 0 saturated carbocycles. The summed E-state index contributed by atoms with van der Waals surface area (Å²) in [5.41, 5.74) is 1.33. The SMILES string of the molecule is Cc1nc(CCc2ccccc2)n[nH]1. The monoisotopic (exact) mass is 187 g/mol. The zero-order chi connectivity index (χ0) is 9.80. The van der Waals surface area contributed by atoms with E-state index < -0.39 is 0 Å². The summed E-state index contributed by atoms with van der Waals surface area (Å²) in [6.07, 6.45) is 1.90. The molecule has 0 saturated heterocycles. The second-order valence-electron chi connectivity index (χ2n) is 3.32. The Bertz CT molecular complexity index is 392. The second-order valence-corrected chi connectivity index (χ2v) is 3.32. The molecule has 0 atom stereocenters. The zero-order valence-corrected chi connectivity index (χ0v) is 8.20. The molecule has 3 nitrogen and oxygen atoms in total. The number of aromatic amines is 1. The van der Waals surface area contributed by atoms with Crippen LogP contribution in [0.3, 0.4) is 0 Å². The molecule has 3 heteroatoms. The topological polar surface area (TPSA) is 41.6 Å². The average molecular weight is 187 g/mol. The van der Waals surface area contributed by atoms with Gasteiger partial charge in [-0.25, -0.2) is 4.98 Å².